The summed E-state index contributed by atoms with van der Waals surface area (Å²) in [6.07, 6.45) is 5.80. The van der Waals surface area contributed by atoms with E-state index in [9.17, 15) is 0 Å². The Balaban J connectivity index is 0.00000312. The molecule has 0 atom stereocenters. The maximum absolute atomic E-state index is 4.38. The number of benzene rings is 1. The standard InChI is InChI=1S/C20H34N4.HI/c1-4-14-24-15-11-19(12-16-24)23-20(21-3)22-13-10-18-8-6-17(5-2)7-9-18;/h6-9,19H,4-5,10-16H2,1-3H3,(H2,21,22,23);1H. The van der Waals surface area contributed by atoms with E-state index in [1.807, 2.05) is 7.05 Å². The molecule has 0 aliphatic carbocycles. The molecule has 0 spiro atoms. The van der Waals surface area contributed by atoms with E-state index in [-0.39, 0.29) is 24.0 Å². The number of rotatable bonds is 7. The number of halogens is 1. The van der Waals surface area contributed by atoms with E-state index in [0.717, 1.165) is 25.3 Å². The Labute approximate surface area is 170 Å². The Hall–Kier alpha value is -0.820. The third kappa shape index (κ3) is 7.94. The quantitative estimate of drug-likeness (QED) is 0.374. The number of likely N-dealkylation sites (tertiary alicyclic amines) is 1. The third-order valence-corrected chi connectivity index (χ3v) is 4.83. The lowest BCUT2D eigenvalue weighted by Crippen LogP contribution is -2.49. The van der Waals surface area contributed by atoms with Crippen LogP contribution in [0.4, 0.5) is 0 Å². The molecule has 1 saturated heterocycles. The first kappa shape index (κ1) is 22.2. The molecule has 1 aliphatic heterocycles. The lowest BCUT2D eigenvalue weighted by Gasteiger charge is -2.32. The number of nitrogens with one attached hydrogen (secondary N) is 2. The van der Waals surface area contributed by atoms with E-state index in [1.165, 1.54) is 50.0 Å². The molecule has 4 nitrogen and oxygen atoms in total. The average Bonchev–Trinajstić information content (AvgIpc) is 2.63. The van der Waals surface area contributed by atoms with Crippen molar-refractivity contribution < 1.29 is 0 Å². The van der Waals surface area contributed by atoms with Gasteiger partial charge in [-0.3, -0.25) is 4.99 Å². The fourth-order valence-corrected chi connectivity index (χ4v) is 3.27. The van der Waals surface area contributed by atoms with E-state index >= 15 is 0 Å². The van der Waals surface area contributed by atoms with Crippen molar-refractivity contribution in [2.75, 3.05) is 33.2 Å². The van der Waals surface area contributed by atoms with Gasteiger partial charge in [0.05, 0.1) is 0 Å². The van der Waals surface area contributed by atoms with Crippen LogP contribution in [0.3, 0.4) is 0 Å². The molecule has 142 valence electrons. The lowest BCUT2D eigenvalue weighted by molar-refractivity contribution is 0.206. The summed E-state index contributed by atoms with van der Waals surface area (Å²) in [5.74, 6) is 0.939. The van der Waals surface area contributed by atoms with Crippen molar-refractivity contribution in [3.63, 3.8) is 0 Å². The maximum atomic E-state index is 4.38. The zero-order chi connectivity index (χ0) is 17.2. The van der Waals surface area contributed by atoms with Crippen LogP contribution in [0.5, 0.6) is 0 Å². The summed E-state index contributed by atoms with van der Waals surface area (Å²) in [5, 5.41) is 7.04. The molecular formula is C20H35IN4. The van der Waals surface area contributed by atoms with Gasteiger partial charge >= 0.3 is 0 Å². The Bertz CT molecular complexity index is 493. The number of hydrogen-bond acceptors (Lipinski definition) is 2. The van der Waals surface area contributed by atoms with Gasteiger partial charge in [-0.2, -0.15) is 0 Å². The highest BCUT2D eigenvalue weighted by Gasteiger charge is 2.19. The van der Waals surface area contributed by atoms with Gasteiger partial charge in [-0.15, -0.1) is 24.0 Å². The van der Waals surface area contributed by atoms with Crippen LogP contribution >= 0.6 is 24.0 Å². The highest BCUT2D eigenvalue weighted by molar-refractivity contribution is 14.0. The number of piperidine rings is 1. The van der Waals surface area contributed by atoms with E-state index in [0.29, 0.717) is 6.04 Å². The predicted molar refractivity (Wildman–Crippen MR) is 119 cm³/mol. The molecule has 1 heterocycles. The molecule has 1 fully saturated rings. The fraction of sp³-hybridized carbons (Fsp3) is 0.650. The molecule has 0 unspecified atom stereocenters. The van der Waals surface area contributed by atoms with Crippen molar-refractivity contribution in [1.29, 1.82) is 0 Å². The second-order valence-electron chi connectivity index (χ2n) is 6.68. The van der Waals surface area contributed by atoms with Gasteiger partial charge < -0.3 is 15.5 Å². The topological polar surface area (TPSA) is 39.7 Å². The largest absolute Gasteiger partial charge is 0.356 e. The summed E-state index contributed by atoms with van der Waals surface area (Å²) in [7, 11) is 1.86. The second-order valence-corrected chi connectivity index (χ2v) is 6.68. The molecule has 2 rings (SSSR count). The van der Waals surface area contributed by atoms with Crippen molar-refractivity contribution in [1.82, 2.24) is 15.5 Å². The molecule has 0 radical (unpaired) electrons. The molecule has 5 heteroatoms. The predicted octanol–water partition coefficient (Wildman–Crippen LogP) is 3.45. The van der Waals surface area contributed by atoms with Gasteiger partial charge in [0.1, 0.15) is 0 Å². The van der Waals surface area contributed by atoms with Crippen molar-refractivity contribution in [2.45, 2.75) is 52.0 Å². The van der Waals surface area contributed by atoms with Crippen LogP contribution in [0.1, 0.15) is 44.2 Å². The Kier molecular flexibility index (Phi) is 11.1. The van der Waals surface area contributed by atoms with Crippen LogP contribution in [0.15, 0.2) is 29.3 Å². The Morgan fingerprint density at radius 1 is 1.12 bits per heavy atom. The minimum Gasteiger partial charge on any atom is -0.356 e. The number of nitrogens with zero attached hydrogens (tertiary/aromatic N) is 2. The number of aryl methyl sites for hydroxylation is 1. The molecule has 0 aromatic heterocycles. The van der Waals surface area contributed by atoms with Crippen LogP contribution in [-0.2, 0) is 12.8 Å². The van der Waals surface area contributed by atoms with Gasteiger partial charge in [0.2, 0.25) is 0 Å². The highest BCUT2D eigenvalue weighted by atomic mass is 127. The Morgan fingerprint density at radius 2 is 1.76 bits per heavy atom. The average molecular weight is 458 g/mol. The molecule has 1 aromatic carbocycles. The molecule has 0 bridgehead atoms. The number of aliphatic imine (C=N–C) groups is 1. The number of guanidine groups is 1. The first-order chi connectivity index (χ1) is 11.7. The van der Waals surface area contributed by atoms with E-state index in [4.69, 9.17) is 0 Å². The number of hydrogen-bond donors (Lipinski definition) is 2. The first-order valence-corrected chi connectivity index (χ1v) is 9.52. The highest BCUT2D eigenvalue weighted by Crippen LogP contribution is 2.10. The maximum Gasteiger partial charge on any atom is 0.191 e. The van der Waals surface area contributed by atoms with Gasteiger partial charge in [0, 0.05) is 32.7 Å². The summed E-state index contributed by atoms with van der Waals surface area (Å²) < 4.78 is 0. The smallest absolute Gasteiger partial charge is 0.191 e. The van der Waals surface area contributed by atoms with Crippen LogP contribution in [-0.4, -0.2) is 50.1 Å². The van der Waals surface area contributed by atoms with Crippen LogP contribution < -0.4 is 10.6 Å². The summed E-state index contributed by atoms with van der Waals surface area (Å²) in [6, 6.07) is 9.48. The van der Waals surface area contributed by atoms with Crippen LogP contribution in [0, 0.1) is 0 Å². The normalized spacial score (nSPS) is 16.4. The molecule has 25 heavy (non-hydrogen) atoms. The van der Waals surface area contributed by atoms with Crippen LogP contribution in [0.25, 0.3) is 0 Å². The molecule has 0 amide bonds. The van der Waals surface area contributed by atoms with Crippen molar-refractivity contribution in [3.05, 3.63) is 35.4 Å². The summed E-state index contributed by atoms with van der Waals surface area (Å²) in [4.78, 5) is 6.94. The summed E-state index contributed by atoms with van der Waals surface area (Å²) in [6.45, 7) is 9.00. The first-order valence-electron chi connectivity index (χ1n) is 9.52. The van der Waals surface area contributed by atoms with Gasteiger partial charge in [0.15, 0.2) is 5.96 Å². The lowest BCUT2D eigenvalue weighted by atomic mass is 10.1. The van der Waals surface area contributed by atoms with Gasteiger partial charge in [-0.25, -0.2) is 0 Å². The van der Waals surface area contributed by atoms with E-state index < -0.39 is 0 Å². The molecular weight excluding hydrogens is 423 g/mol. The zero-order valence-corrected chi connectivity index (χ0v) is 18.4. The second kappa shape index (κ2) is 12.5. The SMILES string of the molecule is CCCN1CCC(NC(=NC)NCCc2ccc(CC)cc2)CC1.I. The van der Waals surface area contributed by atoms with Gasteiger partial charge in [0.25, 0.3) is 0 Å². The summed E-state index contributed by atoms with van der Waals surface area (Å²) in [5.41, 5.74) is 2.78. The Morgan fingerprint density at radius 3 is 2.32 bits per heavy atom. The van der Waals surface area contributed by atoms with Crippen LogP contribution in [0.2, 0.25) is 0 Å². The van der Waals surface area contributed by atoms with Gasteiger partial charge in [-0.1, -0.05) is 38.1 Å². The van der Waals surface area contributed by atoms with E-state index in [2.05, 4.69) is 58.6 Å². The van der Waals surface area contributed by atoms with E-state index in [1.54, 1.807) is 0 Å². The molecule has 1 aromatic rings. The fourth-order valence-electron chi connectivity index (χ4n) is 3.27. The minimum absolute atomic E-state index is 0. The van der Waals surface area contributed by atoms with Crippen molar-refractivity contribution in [2.24, 2.45) is 4.99 Å². The van der Waals surface area contributed by atoms with Crippen molar-refractivity contribution >= 4 is 29.9 Å². The van der Waals surface area contributed by atoms with Crippen molar-refractivity contribution in [3.8, 4) is 0 Å². The monoisotopic (exact) mass is 458 g/mol. The minimum atomic E-state index is 0. The zero-order valence-electron chi connectivity index (χ0n) is 16.1. The molecule has 2 N–H and O–H groups in total. The third-order valence-electron chi connectivity index (χ3n) is 4.83. The van der Waals surface area contributed by atoms with Gasteiger partial charge in [-0.05, 0) is 49.8 Å². The molecule has 1 aliphatic rings. The molecule has 0 saturated carbocycles. The summed E-state index contributed by atoms with van der Waals surface area (Å²) >= 11 is 0.